The highest BCUT2D eigenvalue weighted by Gasteiger charge is 2.40. The highest BCUT2D eigenvalue weighted by atomic mass is 16.5. The van der Waals surface area contributed by atoms with Crippen LogP contribution in [-0.2, 0) is 16.2 Å². The second-order valence-electron chi connectivity index (χ2n) is 19.3. The molecule has 4 heterocycles. The molecule has 0 bridgehead atoms. The van der Waals surface area contributed by atoms with Crippen molar-refractivity contribution in [3.8, 4) is 62.2 Å². The summed E-state index contributed by atoms with van der Waals surface area (Å²) in [6.45, 7) is 16.3. The number of para-hydroxylation sites is 2. The predicted octanol–water partition coefficient (Wildman–Crippen LogP) is 13.8. The summed E-state index contributed by atoms with van der Waals surface area (Å²) in [5, 5.41) is 2.36. The van der Waals surface area contributed by atoms with Gasteiger partial charge in [0.05, 0.1) is 28.1 Å². The topological polar surface area (TPSA) is 35.9 Å². The first-order valence-electron chi connectivity index (χ1n) is 21.6. The molecule has 0 unspecified atom stereocenters. The molecule has 11 rings (SSSR count). The third-order valence-corrected chi connectivity index (χ3v) is 13.4. The normalized spacial score (nSPS) is 14.9. The zero-order valence-corrected chi connectivity index (χ0v) is 36.0. The molecule has 9 aromatic rings. The maximum atomic E-state index is 7.07. The quantitative estimate of drug-likeness (QED) is 0.131. The van der Waals surface area contributed by atoms with Gasteiger partial charge in [-0.1, -0.05) is 133 Å². The van der Waals surface area contributed by atoms with E-state index >= 15 is 0 Å². The molecule has 0 saturated carbocycles. The minimum absolute atomic E-state index is 0.0116. The number of ether oxygens (including phenoxy) is 1. The summed E-state index contributed by atoms with van der Waals surface area (Å²) < 4.78 is 13.9. The molecule has 61 heavy (non-hydrogen) atoms. The van der Waals surface area contributed by atoms with E-state index in [0.717, 1.165) is 58.3 Å². The molecule has 0 N–H and O–H groups in total. The van der Waals surface area contributed by atoms with E-state index < -0.39 is 0 Å². The summed E-state index contributed by atoms with van der Waals surface area (Å²) in [6, 6.07) is 50.3. The fourth-order valence-corrected chi connectivity index (χ4v) is 10.0. The number of nitrogens with zero attached hydrogens (tertiary/aromatic N) is 4. The molecule has 1 aliphatic carbocycles. The van der Waals surface area contributed by atoms with Crippen LogP contribution >= 0.6 is 0 Å². The highest BCUT2D eigenvalue weighted by Crippen LogP contribution is 2.50. The van der Waals surface area contributed by atoms with Gasteiger partial charge >= 0.3 is 0 Å². The van der Waals surface area contributed by atoms with Crippen molar-refractivity contribution in [1.29, 1.82) is 0 Å². The van der Waals surface area contributed by atoms with E-state index in [-0.39, 0.29) is 16.2 Å². The molecule has 3 aromatic heterocycles. The third-order valence-electron chi connectivity index (χ3n) is 13.4. The fraction of sp³-hybridized carbons (Fsp3) is 0.214. The Kier molecular flexibility index (Phi) is 8.19. The van der Waals surface area contributed by atoms with Crippen molar-refractivity contribution in [3.63, 3.8) is 0 Å². The van der Waals surface area contributed by atoms with E-state index in [1.807, 2.05) is 6.20 Å². The third kappa shape index (κ3) is 5.96. The van der Waals surface area contributed by atoms with Crippen LogP contribution in [0.3, 0.4) is 0 Å². The number of aromatic nitrogens is 4. The van der Waals surface area contributed by atoms with Gasteiger partial charge in [-0.25, -0.2) is 4.98 Å². The maximum absolute atomic E-state index is 7.07. The van der Waals surface area contributed by atoms with Gasteiger partial charge in [0.2, 0.25) is 0 Å². The van der Waals surface area contributed by atoms with Crippen LogP contribution in [-0.4, -0.2) is 14.1 Å². The number of fused-ring (bicyclic) bond motifs is 12. The summed E-state index contributed by atoms with van der Waals surface area (Å²) >= 11 is 0. The number of benzene rings is 6. The van der Waals surface area contributed by atoms with E-state index in [0.29, 0.717) is 0 Å². The molecule has 0 atom stereocenters. The van der Waals surface area contributed by atoms with Crippen molar-refractivity contribution in [2.24, 2.45) is 0 Å². The first kappa shape index (κ1) is 37.3. The van der Waals surface area contributed by atoms with Crippen LogP contribution in [0, 0.1) is 6.33 Å². The summed E-state index contributed by atoms with van der Waals surface area (Å²) in [7, 11) is 0. The Morgan fingerprint density at radius 3 is 2.03 bits per heavy atom. The van der Waals surface area contributed by atoms with Crippen LogP contribution in [0.15, 0.2) is 152 Å². The largest absolute Gasteiger partial charge is 0.458 e. The summed E-state index contributed by atoms with van der Waals surface area (Å²) in [4.78, 5) is 4.93. The lowest BCUT2D eigenvalue weighted by atomic mass is 9.62. The van der Waals surface area contributed by atoms with Gasteiger partial charge in [-0.05, 0) is 122 Å². The maximum Gasteiger partial charge on any atom is 0.269 e. The van der Waals surface area contributed by atoms with Crippen LogP contribution in [0.5, 0.6) is 11.5 Å². The first-order chi connectivity index (χ1) is 29.4. The Bertz CT molecular complexity index is 3140. The Morgan fingerprint density at radius 1 is 0.623 bits per heavy atom. The molecular formula is C56H50N4O. The molecule has 300 valence electrons. The minimum atomic E-state index is -0.0731. The number of pyridine rings is 1. The van der Waals surface area contributed by atoms with Crippen molar-refractivity contribution < 1.29 is 9.30 Å². The Hall–Kier alpha value is -6.72. The lowest BCUT2D eigenvalue weighted by molar-refractivity contribution is -0.587. The Morgan fingerprint density at radius 2 is 1.26 bits per heavy atom. The van der Waals surface area contributed by atoms with Crippen LogP contribution in [0.4, 0.5) is 0 Å². The van der Waals surface area contributed by atoms with E-state index in [4.69, 9.17) is 9.72 Å². The molecule has 2 aliphatic rings. The molecule has 0 amide bonds. The van der Waals surface area contributed by atoms with E-state index in [1.165, 1.54) is 55.3 Å². The molecule has 5 heteroatoms. The van der Waals surface area contributed by atoms with Crippen molar-refractivity contribution in [2.45, 2.75) is 77.6 Å². The first-order valence-corrected chi connectivity index (χ1v) is 21.6. The van der Waals surface area contributed by atoms with Gasteiger partial charge in [-0.2, -0.15) is 0 Å². The van der Waals surface area contributed by atoms with Gasteiger partial charge in [0.15, 0.2) is 0 Å². The Labute approximate surface area is 358 Å². The molecular weight excluding hydrogens is 745 g/mol. The number of hydrogen-bond acceptors (Lipinski definition) is 2. The fourth-order valence-electron chi connectivity index (χ4n) is 10.0. The van der Waals surface area contributed by atoms with Crippen LogP contribution in [0.2, 0.25) is 0 Å². The van der Waals surface area contributed by atoms with Gasteiger partial charge in [0.25, 0.3) is 6.33 Å². The van der Waals surface area contributed by atoms with Crippen LogP contribution < -0.4 is 9.30 Å². The predicted molar refractivity (Wildman–Crippen MR) is 249 cm³/mol. The second-order valence-corrected chi connectivity index (χ2v) is 19.3. The lowest BCUT2D eigenvalue weighted by Gasteiger charge is -2.43. The minimum Gasteiger partial charge on any atom is -0.458 e. The van der Waals surface area contributed by atoms with E-state index in [2.05, 4.69) is 214 Å². The molecule has 5 nitrogen and oxygen atoms in total. The van der Waals surface area contributed by atoms with Crippen LogP contribution in [0.25, 0.3) is 72.5 Å². The monoisotopic (exact) mass is 794 g/mol. The lowest BCUT2D eigenvalue weighted by Crippen LogP contribution is -2.35. The van der Waals surface area contributed by atoms with Crippen molar-refractivity contribution >= 4 is 21.8 Å². The molecule has 0 radical (unpaired) electrons. The Balaban J connectivity index is 1.11. The summed E-state index contributed by atoms with van der Waals surface area (Å²) in [6.07, 6.45) is 10.3. The van der Waals surface area contributed by atoms with Gasteiger partial charge in [-0.15, -0.1) is 0 Å². The van der Waals surface area contributed by atoms with Crippen LogP contribution in [0.1, 0.15) is 78.0 Å². The van der Waals surface area contributed by atoms with Gasteiger partial charge in [-0.3, -0.25) is 13.7 Å². The molecule has 0 fully saturated rings. The average molecular weight is 795 g/mol. The van der Waals surface area contributed by atoms with E-state index in [1.54, 1.807) is 0 Å². The second kappa shape index (κ2) is 13.4. The summed E-state index contributed by atoms with van der Waals surface area (Å²) in [5.74, 6) is 2.49. The molecule has 0 spiro atoms. The SMILES string of the molecule is CC(C)(C)c1ccnc(-n2c3ccccc3c3ccc(Oc4cc(-n5[c-][n+]6c(c5)-c5ccccc5-c5ccccc5-c5ccccc5-6)c5c(c4)C(C)(C)CCC5(C)C)cc32)c1. The zero-order valence-electron chi connectivity index (χ0n) is 36.0. The summed E-state index contributed by atoms with van der Waals surface area (Å²) in [5.41, 5.74) is 15.2. The van der Waals surface area contributed by atoms with Gasteiger partial charge < -0.3 is 4.74 Å². The number of hydrogen-bond donors (Lipinski definition) is 0. The van der Waals surface area contributed by atoms with Crippen molar-refractivity contribution in [3.05, 3.63) is 175 Å². The molecule has 1 aliphatic heterocycles. The highest BCUT2D eigenvalue weighted by molar-refractivity contribution is 6.09. The van der Waals surface area contributed by atoms with Gasteiger partial charge in [0.1, 0.15) is 17.3 Å². The zero-order chi connectivity index (χ0) is 41.8. The standard InChI is InChI=1S/C56H50N4O/c1-54(2,3)36-26-29-57-52(30-36)60-48-23-15-13-21-44(48)45-25-24-37(32-49(45)60)61-38-31-46-53(56(6,7)28-27-55(46,4)5)50(33-38)58-34-51-43-20-11-10-18-41(43)39-16-8-9-17-40(39)42-19-12-14-22-47(42)59(51)35-58/h8-26,29-34H,27-28H2,1-7H3. The van der Waals surface area contributed by atoms with Crippen molar-refractivity contribution in [2.75, 3.05) is 0 Å². The average Bonchev–Trinajstić information content (AvgIpc) is 3.84. The number of rotatable bonds is 4. The molecule has 0 saturated heterocycles. The number of imidazole rings is 1. The van der Waals surface area contributed by atoms with E-state index in [9.17, 15) is 0 Å². The van der Waals surface area contributed by atoms with Crippen molar-refractivity contribution in [1.82, 2.24) is 14.1 Å². The molecule has 6 aromatic carbocycles. The smallest absolute Gasteiger partial charge is 0.269 e. The van der Waals surface area contributed by atoms with Gasteiger partial charge in [0, 0.05) is 29.2 Å².